The number of hydrogen-bond donors (Lipinski definition) is 1. The minimum atomic E-state index is -1.02. The third-order valence-corrected chi connectivity index (χ3v) is 4.01. The molecule has 6 nitrogen and oxygen atoms in total. The van der Waals surface area contributed by atoms with Gasteiger partial charge in [-0.1, -0.05) is 26.0 Å². The Kier molecular flexibility index (Phi) is 5.97. The largest absolute Gasteiger partial charge is 0.478 e. The molecule has 0 unspecified atom stereocenters. The van der Waals surface area contributed by atoms with Crippen molar-refractivity contribution in [2.45, 2.75) is 27.7 Å². The highest BCUT2D eigenvalue weighted by atomic mass is 16.5. The van der Waals surface area contributed by atoms with Crippen molar-refractivity contribution < 1.29 is 24.2 Å². The number of ether oxygens (including phenoxy) is 1. The molecule has 0 saturated heterocycles. The number of carboxylic acid groups (broad SMARTS) is 1. The molecule has 0 radical (unpaired) electrons. The van der Waals surface area contributed by atoms with E-state index in [1.54, 1.807) is 37.0 Å². The Bertz CT molecular complexity index is 787. The van der Waals surface area contributed by atoms with Crippen LogP contribution < -0.4 is 0 Å². The summed E-state index contributed by atoms with van der Waals surface area (Å²) in [6.07, 6.45) is 1.60. The highest BCUT2D eigenvalue weighted by molar-refractivity contribution is 6.16. The van der Waals surface area contributed by atoms with Gasteiger partial charge in [0, 0.05) is 12.2 Å². The molecule has 1 aromatic carbocycles. The highest BCUT2D eigenvalue weighted by Gasteiger charge is 2.37. The standard InChI is InChI=1S/C20H23NO5/c1-5-26-20(25)17-13(4)21(11-12(2)3)18(22)16(17)10-14-6-8-15(9-7-14)19(23)24/h6-10,12H,5,11H2,1-4H3,(H,23,24)/b16-10+. The van der Waals surface area contributed by atoms with E-state index in [0.29, 0.717) is 17.8 Å². The lowest BCUT2D eigenvalue weighted by Gasteiger charge is -2.19. The average molecular weight is 357 g/mol. The lowest BCUT2D eigenvalue weighted by Crippen LogP contribution is -2.28. The van der Waals surface area contributed by atoms with Crippen molar-refractivity contribution in [3.8, 4) is 0 Å². The summed E-state index contributed by atoms with van der Waals surface area (Å²) in [4.78, 5) is 37.8. The van der Waals surface area contributed by atoms with Crippen molar-refractivity contribution in [2.75, 3.05) is 13.2 Å². The zero-order valence-electron chi connectivity index (χ0n) is 15.4. The van der Waals surface area contributed by atoms with Crippen LogP contribution in [0.15, 0.2) is 41.1 Å². The Balaban J connectivity index is 2.47. The first-order valence-electron chi connectivity index (χ1n) is 8.51. The molecule has 6 heteroatoms. The molecule has 1 N–H and O–H groups in total. The van der Waals surface area contributed by atoms with E-state index in [0.717, 1.165) is 0 Å². The lowest BCUT2D eigenvalue weighted by atomic mass is 10.0. The van der Waals surface area contributed by atoms with Crippen LogP contribution in [0.3, 0.4) is 0 Å². The normalized spacial score (nSPS) is 16.0. The number of amides is 1. The molecule has 1 heterocycles. The van der Waals surface area contributed by atoms with Crippen LogP contribution in [0, 0.1) is 5.92 Å². The van der Waals surface area contributed by atoms with Crippen molar-refractivity contribution in [1.82, 2.24) is 4.90 Å². The molecular weight excluding hydrogens is 334 g/mol. The molecule has 0 spiro atoms. The van der Waals surface area contributed by atoms with E-state index in [4.69, 9.17) is 9.84 Å². The van der Waals surface area contributed by atoms with E-state index in [9.17, 15) is 14.4 Å². The van der Waals surface area contributed by atoms with Gasteiger partial charge in [0.15, 0.2) is 0 Å². The summed E-state index contributed by atoms with van der Waals surface area (Å²) in [6, 6.07) is 6.13. The molecular formula is C20H23NO5. The van der Waals surface area contributed by atoms with E-state index in [2.05, 4.69) is 0 Å². The van der Waals surface area contributed by atoms with Crippen LogP contribution >= 0.6 is 0 Å². The molecule has 1 aliphatic heterocycles. The first-order valence-corrected chi connectivity index (χ1v) is 8.51. The lowest BCUT2D eigenvalue weighted by molar-refractivity contribution is -0.138. The van der Waals surface area contributed by atoms with E-state index < -0.39 is 11.9 Å². The summed E-state index contributed by atoms with van der Waals surface area (Å²) >= 11 is 0. The van der Waals surface area contributed by atoms with Crippen LogP contribution in [0.25, 0.3) is 6.08 Å². The SMILES string of the molecule is CCOC(=O)C1=C(C)N(CC(C)C)C(=O)/C1=C/c1ccc(C(=O)O)cc1. The predicted octanol–water partition coefficient (Wildman–Crippen LogP) is 3.10. The maximum absolute atomic E-state index is 12.9. The molecule has 1 aromatic rings. The molecule has 2 rings (SSSR count). The molecule has 0 fully saturated rings. The fraction of sp³-hybridized carbons (Fsp3) is 0.350. The number of nitrogens with zero attached hydrogens (tertiary/aromatic N) is 1. The summed E-state index contributed by atoms with van der Waals surface area (Å²) < 4.78 is 5.12. The first kappa shape index (κ1) is 19.4. The number of esters is 1. The zero-order chi connectivity index (χ0) is 19.4. The molecule has 0 atom stereocenters. The van der Waals surface area contributed by atoms with E-state index in [1.165, 1.54) is 12.1 Å². The molecule has 0 aliphatic carbocycles. The smallest absolute Gasteiger partial charge is 0.340 e. The number of rotatable bonds is 6. The quantitative estimate of drug-likeness (QED) is 0.625. The summed E-state index contributed by atoms with van der Waals surface area (Å²) in [7, 11) is 0. The van der Waals surface area contributed by atoms with Crippen LogP contribution in [0.4, 0.5) is 0 Å². The molecule has 138 valence electrons. The van der Waals surface area contributed by atoms with Crippen LogP contribution in [0.1, 0.15) is 43.6 Å². The molecule has 1 aliphatic rings. The second-order valence-corrected chi connectivity index (χ2v) is 6.48. The van der Waals surface area contributed by atoms with Crippen molar-refractivity contribution >= 4 is 23.9 Å². The van der Waals surface area contributed by atoms with Crippen LogP contribution in [-0.2, 0) is 14.3 Å². The number of carboxylic acids is 1. The molecule has 1 amide bonds. The number of allylic oxidation sites excluding steroid dienone is 1. The number of carbonyl (C=O) groups excluding carboxylic acids is 2. The number of carbonyl (C=O) groups is 3. The van der Waals surface area contributed by atoms with E-state index in [-0.39, 0.29) is 35.1 Å². The third kappa shape index (κ3) is 4.02. The summed E-state index contributed by atoms with van der Waals surface area (Å²) in [5.74, 6) is -1.56. The highest BCUT2D eigenvalue weighted by Crippen LogP contribution is 2.32. The monoisotopic (exact) mass is 357 g/mol. The summed E-state index contributed by atoms with van der Waals surface area (Å²) in [5, 5.41) is 8.98. The van der Waals surface area contributed by atoms with Crippen molar-refractivity contribution in [3.63, 3.8) is 0 Å². The number of benzene rings is 1. The van der Waals surface area contributed by atoms with Gasteiger partial charge >= 0.3 is 11.9 Å². The Labute approximate surface area is 152 Å². The molecule has 0 aromatic heterocycles. The Morgan fingerprint density at radius 2 is 1.85 bits per heavy atom. The maximum Gasteiger partial charge on any atom is 0.340 e. The van der Waals surface area contributed by atoms with Crippen LogP contribution in [0.5, 0.6) is 0 Å². The van der Waals surface area contributed by atoms with Crippen LogP contribution in [0.2, 0.25) is 0 Å². The van der Waals surface area contributed by atoms with Gasteiger partial charge in [0.25, 0.3) is 5.91 Å². The van der Waals surface area contributed by atoms with Crippen molar-refractivity contribution in [1.29, 1.82) is 0 Å². The van der Waals surface area contributed by atoms with Gasteiger partial charge in [0.2, 0.25) is 0 Å². The molecule has 26 heavy (non-hydrogen) atoms. The summed E-state index contributed by atoms with van der Waals surface area (Å²) in [5.41, 5.74) is 1.91. The number of hydrogen-bond acceptors (Lipinski definition) is 4. The van der Waals surface area contributed by atoms with E-state index in [1.807, 2.05) is 13.8 Å². The van der Waals surface area contributed by atoms with Gasteiger partial charge in [-0.15, -0.1) is 0 Å². The van der Waals surface area contributed by atoms with Gasteiger partial charge in [0.1, 0.15) is 0 Å². The van der Waals surface area contributed by atoms with Gasteiger partial charge in [-0.3, -0.25) is 4.79 Å². The second-order valence-electron chi connectivity index (χ2n) is 6.48. The Morgan fingerprint density at radius 1 is 1.23 bits per heavy atom. The van der Waals surface area contributed by atoms with Gasteiger partial charge in [-0.2, -0.15) is 0 Å². The maximum atomic E-state index is 12.9. The Hall–Kier alpha value is -2.89. The number of aromatic carboxylic acids is 1. The topological polar surface area (TPSA) is 83.9 Å². The van der Waals surface area contributed by atoms with Crippen molar-refractivity contribution in [2.24, 2.45) is 5.92 Å². The Morgan fingerprint density at radius 3 is 2.35 bits per heavy atom. The fourth-order valence-corrected chi connectivity index (χ4v) is 2.80. The van der Waals surface area contributed by atoms with Gasteiger partial charge in [-0.05, 0) is 43.5 Å². The minimum absolute atomic E-state index is 0.156. The zero-order valence-corrected chi connectivity index (χ0v) is 15.4. The average Bonchev–Trinajstić information content (AvgIpc) is 2.79. The second kappa shape index (κ2) is 7.99. The minimum Gasteiger partial charge on any atom is -0.478 e. The van der Waals surface area contributed by atoms with Gasteiger partial charge in [0.05, 0.1) is 23.3 Å². The van der Waals surface area contributed by atoms with E-state index >= 15 is 0 Å². The van der Waals surface area contributed by atoms with Gasteiger partial charge in [-0.25, -0.2) is 9.59 Å². The molecule has 0 bridgehead atoms. The molecule has 0 saturated carbocycles. The third-order valence-electron chi connectivity index (χ3n) is 4.01. The fourth-order valence-electron chi connectivity index (χ4n) is 2.80. The van der Waals surface area contributed by atoms with Crippen LogP contribution in [-0.4, -0.2) is 41.0 Å². The predicted molar refractivity (Wildman–Crippen MR) is 97.3 cm³/mol. The first-order chi connectivity index (χ1) is 12.3. The van der Waals surface area contributed by atoms with Gasteiger partial charge < -0.3 is 14.7 Å². The summed E-state index contributed by atoms with van der Waals surface area (Å²) in [6.45, 7) is 8.16. The van der Waals surface area contributed by atoms with Crippen molar-refractivity contribution in [3.05, 3.63) is 52.2 Å².